The van der Waals surface area contributed by atoms with E-state index in [2.05, 4.69) is 58.7 Å². The Morgan fingerprint density at radius 1 is 0.771 bits per heavy atom. The van der Waals surface area contributed by atoms with Crippen LogP contribution in [0.4, 0.5) is 16.2 Å². The standard InChI is InChI=1S/C40H39N3O5/c1-3-21-48-35-16-15-26(23-36(35)47-4-2)22-34-38(44)41-40(46)43(39(34)45)29-24-32-30(27-11-7-5-8-12-27)17-19-42-20-18-31(33(25-29)37(32)42)28-13-9-6-10-14-28/h5-16,22-25,30-31H,3-4,17-21H2,1-2H3,(H,41,44,46)/b34-22+/t30-,31+. The van der Waals surface area contributed by atoms with E-state index < -0.39 is 17.8 Å². The molecule has 0 unspecified atom stereocenters. The molecular weight excluding hydrogens is 602 g/mol. The summed E-state index contributed by atoms with van der Waals surface area (Å²) < 4.78 is 11.6. The maximum absolute atomic E-state index is 14.2. The maximum atomic E-state index is 14.2. The summed E-state index contributed by atoms with van der Waals surface area (Å²) in [5.74, 6) is -0.105. The lowest BCUT2D eigenvalue weighted by Crippen LogP contribution is -2.54. The van der Waals surface area contributed by atoms with E-state index in [1.54, 1.807) is 18.2 Å². The molecule has 8 heteroatoms. The average Bonchev–Trinajstić information content (AvgIpc) is 3.11. The number of carbonyl (C=O) groups excluding carboxylic acids is 3. The average molecular weight is 642 g/mol. The second-order valence-corrected chi connectivity index (χ2v) is 12.4. The van der Waals surface area contributed by atoms with Gasteiger partial charge in [0.2, 0.25) is 0 Å². The van der Waals surface area contributed by atoms with E-state index in [1.165, 1.54) is 22.9 Å². The highest BCUT2D eigenvalue weighted by Crippen LogP contribution is 2.50. The summed E-state index contributed by atoms with van der Waals surface area (Å²) in [6.45, 7) is 6.72. The van der Waals surface area contributed by atoms with Gasteiger partial charge in [0.05, 0.1) is 18.9 Å². The van der Waals surface area contributed by atoms with Crippen LogP contribution in [-0.2, 0) is 9.59 Å². The van der Waals surface area contributed by atoms with Gasteiger partial charge in [-0.15, -0.1) is 0 Å². The van der Waals surface area contributed by atoms with Crippen LogP contribution in [0.5, 0.6) is 11.5 Å². The molecule has 4 amide bonds. The van der Waals surface area contributed by atoms with Crippen LogP contribution < -0.4 is 24.6 Å². The number of anilines is 2. The van der Waals surface area contributed by atoms with E-state index in [0.717, 1.165) is 48.4 Å². The van der Waals surface area contributed by atoms with Gasteiger partial charge in [-0.25, -0.2) is 9.69 Å². The first-order valence-electron chi connectivity index (χ1n) is 16.8. The summed E-state index contributed by atoms with van der Waals surface area (Å²) in [5, 5.41) is 2.43. The first kappa shape index (κ1) is 31.2. The molecule has 0 radical (unpaired) electrons. The molecule has 0 bridgehead atoms. The van der Waals surface area contributed by atoms with Crippen LogP contribution in [-0.4, -0.2) is 44.1 Å². The lowest BCUT2D eigenvalue weighted by molar-refractivity contribution is -0.122. The molecule has 4 aromatic rings. The Kier molecular flexibility index (Phi) is 8.72. The lowest BCUT2D eigenvalue weighted by atomic mass is 9.76. The van der Waals surface area contributed by atoms with Crippen molar-refractivity contribution in [3.05, 3.63) is 124 Å². The number of imide groups is 2. The number of barbiturate groups is 1. The monoisotopic (exact) mass is 641 g/mol. The van der Waals surface area contributed by atoms with E-state index in [4.69, 9.17) is 9.47 Å². The molecule has 4 aromatic carbocycles. The predicted octanol–water partition coefficient (Wildman–Crippen LogP) is 7.42. The molecule has 7 rings (SSSR count). The number of nitrogens with one attached hydrogen (secondary N) is 1. The number of hydrogen-bond acceptors (Lipinski definition) is 6. The summed E-state index contributed by atoms with van der Waals surface area (Å²) >= 11 is 0. The zero-order chi connectivity index (χ0) is 33.2. The second-order valence-electron chi connectivity index (χ2n) is 12.4. The van der Waals surface area contributed by atoms with Crippen LogP contribution in [0.3, 0.4) is 0 Å². The molecule has 244 valence electrons. The van der Waals surface area contributed by atoms with Crippen molar-refractivity contribution in [2.24, 2.45) is 0 Å². The number of carbonyl (C=O) groups is 3. The molecule has 3 aliphatic rings. The predicted molar refractivity (Wildman–Crippen MR) is 187 cm³/mol. The van der Waals surface area contributed by atoms with Gasteiger partial charge < -0.3 is 14.4 Å². The zero-order valence-electron chi connectivity index (χ0n) is 27.3. The summed E-state index contributed by atoms with van der Waals surface area (Å²) in [7, 11) is 0. The minimum Gasteiger partial charge on any atom is -0.490 e. The molecule has 1 saturated heterocycles. The number of hydrogen-bond donors (Lipinski definition) is 1. The third kappa shape index (κ3) is 5.83. The van der Waals surface area contributed by atoms with E-state index in [0.29, 0.717) is 36.0 Å². The Bertz CT molecular complexity index is 1820. The second kappa shape index (κ2) is 13.4. The summed E-state index contributed by atoms with van der Waals surface area (Å²) in [4.78, 5) is 44.5. The van der Waals surface area contributed by atoms with Crippen molar-refractivity contribution >= 4 is 35.3 Å². The van der Waals surface area contributed by atoms with Gasteiger partial charge >= 0.3 is 6.03 Å². The summed E-state index contributed by atoms with van der Waals surface area (Å²) in [6, 6.07) is 29.3. The van der Waals surface area contributed by atoms with Gasteiger partial charge in [-0.2, -0.15) is 0 Å². The third-order valence-corrected chi connectivity index (χ3v) is 9.40. The lowest BCUT2D eigenvalue weighted by Gasteiger charge is -2.44. The van der Waals surface area contributed by atoms with E-state index in [-0.39, 0.29) is 17.4 Å². The fraction of sp³-hybridized carbons (Fsp3) is 0.275. The van der Waals surface area contributed by atoms with Gasteiger partial charge in [-0.05, 0) is 84.3 Å². The molecule has 48 heavy (non-hydrogen) atoms. The number of benzene rings is 4. The third-order valence-electron chi connectivity index (χ3n) is 9.40. The van der Waals surface area contributed by atoms with Crippen LogP contribution >= 0.6 is 0 Å². The smallest absolute Gasteiger partial charge is 0.335 e. The molecule has 3 heterocycles. The van der Waals surface area contributed by atoms with Gasteiger partial charge in [-0.1, -0.05) is 73.7 Å². The summed E-state index contributed by atoms with van der Waals surface area (Å²) in [6.07, 6.45) is 4.18. The van der Waals surface area contributed by atoms with Gasteiger partial charge in [0.1, 0.15) is 5.57 Å². The number of nitrogens with zero attached hydrogens (tertiary/aromatic N) is 2. The molecule has 1 fully saturated rings. The highest BCUT2D eigenvalue weighted by molar-refractivity contribution is 6.39. The van der Waals surface area contributed by atoms with Gasteiger partial charge in [-0.3, -0.25) is 14.9 Å². The normalized spacial score (nSPS) is 19.6. The molecule has 3 aliphatic heterocycles. The SMILES string of the molecule is CCCOc1ccc(/C=C2\C(=O)NC(=O)N(c3cc4c5c(c3)[C@H](c3ccccc3)CCN5CC[C@@H]4c3ccccc3)C2=O)cc1OCC. The van der Waals surface area contributed by atoms with Gasteiger partial charge in [0, 0.05) is 30.6 Å². The van der Waals surface area contributed by atoms with Crippen LogP contribution in [0.25, 0.3) is 6.08 Å². The highest BCUT2D eigenvalue weighted by Gasteiger charge is 2.40. The molecule has 0 aromatic heterocycles. The Morgan fingerprint density at radius 3 is 1.98 bits per heavy atom. The van der Waals surface area contributed by atoms with Crippen molar-refractivity contribution < 1.29 is 23.9 Å². The Labute approximate surface area is 281 Å². The van der Waals surface area contributed by atoms with Crippen molar-refractivity contribution in [2.45, 2.75) is 44.9 Å². The van der Waals surface area contributed by atoms with Gasteiger partial charge in [0.25, 0.3) is 11.8 Å². The molecule has 0 saturated carbocycles. The minimum atomic E-state index is -0.761. The highest BCUT2D eigenvalue weighted by atomic mass is 16.5. The Hall–Kier alpha value is -5.37. The topological polar surface area (TPSA) is 88.2 Å². The molecule has 0 aliphatic carbocycles. The molecule has 0 spiro atoms. The number of urea groups is 1. The quantitative estimate of drug-likeness (QED) is 0.151. The maximum Gasteiger partial charge on any atom is 0.335 e. The first-order valence-corrected chi connectivity index (χ1v) is 16.8. The zero-order valence-corrected chi connectivity index (χ0v) is 27.3. The van der Waals surface area contributed by atoms with Crippen molar-refractivity contribution in [3.8, 4) is 11.5 Å². The summed E-state index contributed by atoms with van der Waals surface area (Å²) in [5.41, 5.74) is 6.66. The fourth-order valence-corrected chi connectivity index (χ4v) is 7.24. The van der Waals surface area contributed by atoms with E-state index in [1.807, 2.05) is 38.1 Å². The van der Waals surface area contributed by atoms with Crippen molar-refractivity contribution in [1.82, 2.24) is 5.32 Å². The van der Waals surface area contributed by atoms with Crippen molar-refractivity contribution in [3.63, 3.8) is 0 Å². The molecule has 1 N–H and O–H groups in total. The van der Waals surface area contributed by atoms with Crippen LogP contribution in [0.2, 0.25) is 0 Å². The van der Waals surface area contributed by atoms with Crippen LogP contribution in [0.15, 0.2) is 96.6 Å². The van der Waals surface area contributed by atoms with Gasteiger partial charge in [0.15, 0.2) is 11.5 Å². The van der Waals surface area contributed by atoms with E-state index >= 15 is 0 Å². The first-order chi connectivity index (χ1) is 23.5. The number of ether oxygens (including phenoxy) is 2. The number of amides is 4. The van der Waals surface area contributed by atoms with Crippen molar-refractivity contribution in [1.29, 1.82) is 0 Å². The Balaban J connectivity index is 1.33. The van der Waals surface area contributed by atoms with Crippen LogP contribution in [0.1, 0.15) is 72.8 Å². The van der Waals surface area contributed by atoms with E-state index in [9.17, 15) is 14.4 Å². The van der Waals surface area contributed by atoms with Crippen LogP contribution in [0, 0.1) is 0 Å². The molecule has 2 atom stereocenters. The number of rotatable bonds is 9. The minimum absolute atomic E-state index is 0.0932. The van der Waals surface area contributed by atoms with Crippen molar-refractivity contribution in [2.75, 3.05) is 36.1 Å². The molecule has 8 nitrogen and oxygen atoms in total. The Morgan fingerprint density at radius 2 is 1.40 bits per heavy atom. The fourth-order valence-electron chi connectivity index (χ4n) is 7.24. The largest absolute Gasteiger partial charge is 0.490 e. The molecular formula is C40H39N3O5.